The lowest BCUT2D eigenvalue weighted by molar-refractivity contribution is 1.29. The van der Waals surface area contributed by atoms with Gasteiger partial charge in [0.05, 0.1) is 11.0 Å². The van der Waals surface area contributed by atoms with Gasteiger partial charge >= 0.3 is 0 Å². The number of benzene rings is 3. The zero-order valence-corrected chi connectivity index (χ0v) is 11.7. The molecule has 2 aromatic heterocycles. The van der Waals surface area contributed by atoms with Gasteiger partial charge in [-0.1, -0.05) is 48.5 Å². The monoisotopic (exact) mass is 281 g/mol. The molecule has 3 heteroatoms. The summed E-state index contributed by atoms with van der Waals surface area (Å²) in [6.45, 7) is 0. The largest absolute Gasteiger partial charge is 0.242 e. The fraction of sp³-hybridized carbons (Fsp3) is 0. The first-order valence-electron chi connectivity index (χ1n) is 7.24. The first-order valence-corrected chi connectivity index (χ1v) is 7.24. The number of aromatic nitrogens is 3. The summed E-state index contributed by atoms with van der Waals surface area (Å²) in [7, 11) is 0. The van der Waals surface area contributed by atoms with E-state index in [0.29, 0.717) is 5.65 Å². The fourth-order valence-corrected chi connectivity index (χ4v) is 3.12. The second kappa shape index (κ2) is 4.21. The summed E-state index contributed by atoms with van der Waals surface area (Å²) in [6.07, 6.45) is 1.76. The lowest BCUT2D eigenvalue weighted by atomic mass is 9.99. The van der Waals surface area contributed by atoms with Crippen LogP contribution in [0.2, 0.25) is 0 Å². The van der Waals surface area contributed by atoms with Gasteiger partial charge in [-0.05, 0) is 22.9 Å². The Morgan fingerprint density at radius 1 is 0.545 bits per heavy atom. The maximum atomic E-state index is 4.83. The van der Waals surface area contributed by atoms with Crippen LogP contribution in [0.3, 0.4) is 0 Å². The Morgan fingerprint density at radius 2 is 1.14 bits per heavy atom. The van der Waals surface area contributed by atoms with E-state index in [4.69, 9.17) is 9.97 Å². The Balaban J connectivity index is 2.17. The second-order valence-corrected chi connectivity index (χ2v) is 5.36. The Labute approximate surface area is 126 Å². The predicted octanol–water partition coefficient (Wildman–Crippen LogP) is 4.48. The van der Waals surface area contributed by atoms with Crippen LogP contribution in [0.1, 0.15) is 0 Å². The molecule has 0 unspecified atom stereocenters. The molecule has 0 amide bonds. The van der Waals surface area contributed by atoms with Crippen molar-refractivity contribution in [3.63, 3.8) is 0 Å². The third-order valence-electron chi connectivity index (χ3n) is 4.09. The Morgan fingerprint density at radius 3 is 1.82 bits per heavy atom. The number of rotatable bonds is 0. The zero-order valence-electron chi connectivity index (χ0n) is 11.7. The van der Waals surface area contributed by atoms with Gasteiger partial charge in [0.15, 0.2) is 5.65 Å². The third kappa shape index (κ3) is 1.48. The van der Waals surface area contributed by atoms with E-state index in [1.54, 1.807) is 6.20 Å². The van der Waals surface area contributed by atoms with Crippen LogP contribution in [0.5, 0.6) is 0 Å². The Bertz CT molecular complexity index is 1080. The predicted molar refractivity (Wildman–Crippen MR) is 89.9 cm³/mol. The molecule has 0 spiro atoms. The molecule has 0 aliphatic heterocycles. The van der Waals surface area contributed by atoms with E-state index in [0.717, 1.165) is 27.3 Å². The molecule has 5 aromatic rings. The normalized spacial score (nSPS) is 11.6. The molecule has 0 N–H and O–H groups in total. The van der Waals surface area contributed by atoms with Gasteiger partial charge in [0.25, 0.3) is 0 Å². The number of hydrogen-bond acceptors (Lipinski definition) is 3. The summed E-state index contributed by atoms with van der Waals surface area (Å²) >= 11 is 0. The van der Waals surface area contributed by atoms with E-state index in [2.05, 4.69) is 41.4 Å². The van der Waals surface area contributed by atoms with Crippen LogP contribution in [0, 0.1) is 0 Å². The molecule has 0 saturated heterocycles. The smallest absolute Gasteiger partial charge is 0.178 e. The van der Waals surface area contributed by atoms with E-state index in [-0.39, 0.29) is 0 Å². The molecular formula is C19H11N3. The van der Waals surface area contributed by atoms with Crippen molar-refractivity contribution in [3.05, 3.63) is 66.9 Å². The van der Waals surface area contributed by atoms with Crippen LogP contribution < -0.4 is 0 Å². The van der Waals surface area contributed by atoms with Crippen molar-refractivity contribution < 1.29 is 0 Å². The van der Waals surface area contributed by atoms with Crippen LogP contribution in [-0.2, 0) is 0 Å². The fourth-order valence-electron chi connectivity index (χ4n) is 3.12. The SMILES string of the molecule is c1cnc2nc3c4ccccc4c4ccccc4c3nc2c1. The molecule has 0 fully saturated rings. The van der Waals surface area contributed by atoms with Crippen LogP contribution in [0.25, 0.3) is 43.7 Å². The lowest BCUT2D eigenvalue weighted by Gasteiger charge is -2.09. The molecule has 0 bridgehead atoms. The number of fused-ring (bicyclic) bond motifs is 7. The number of nitrogens with zero attached hydrogens (tertiary/aromatic N) is 3. The van der Waals surface area contributed by atoms with E-state index in [1.807, 2.05) is 24.3 Å². The van der Waals surface area contributed by atoms with Crippen molar-refractivity contribution in [1.82, 2.24) is 15.0 Å². The van der Waals surface area contributed by atoms with E-state index >= 15 is 0 Å². The molecule has 3 nitrogen and oxygen atoms in total. The summed E-state index contributed by atoms with van der Waals surface area (Å²) in [5, 5.41) is 4.67. The molecular weight excluding hydrogens is 270 g/mol. The molecule has 0 aliphatic carbocycles. The van der Waals surface area contributed by atoms with E-state index in [1.165, 1.54) is 10.8 Å². The Hall–Kier alpha value is -3.07. The summed E-state index contributed by atoms with van der Waals surface area (Å²) in [5.74, 6) is 0. The Kier molecular flexibility index (Phi) is 2.22. The van der Waals surface area contributed by atoms with Gasteiger partial charge in [-0.2, -0.15) is 0 Å². The van der Waals surface area contributed by atoms with Crippen LogP contribution in [-0.4, -0.2) is 15.0 Å². The summed E-state index contributed by atoms with van der Waals surface area (Å²) in [6, 6.07) is 20.6. The van der Waals surface area contributed by atoms with Gasteiger partial charge in [-0.15, -0.1) is 0 Å². The average Bonchev–Trinajstić information content (AvgIpc) is 2.61. The van der Waals surface area contributed by atoms with Crippen LogP contribution in [0.4, 0.5) is 0 Å². The summed E-state index contributed by atoms with van der Waals surface area (Å²) in [5.41, 5.74) is 3.38. The first kappa shape index (κ1) is 11.6. The molecule has 102 valence electrons. The highest BCUT2D eigenvalue weighted by Gasteiger charge is 2.11. The van der Waals surface area contributed by atoms with Crippen molar-refractivity contribution in [2.24, 2.45) is 0 Å². The number of hydrogen-bond donors (Lipinski definition) is 0. The van der Waals surface area contributed by atoms with Gasteiger partial charge < -0.3 is 0 Å². The van der Waals surface area contributed by atoms with Gasteiger partial charge in [-0.3, -0.25) is 0 Å². The van der Waals surface area contributed by atoms with Crippen molar-refractivity contribution in [1.29, 1.82) is 0 Å². The molecule has 3 aromatic carbocycles. The average molecular weight is 281 g/mol. The zero-order chi connectivity index (χ0) is 14.5. The van der Waals surface area contributed by atoms with Gasteiger partial charge in [0, 0.05) is 17.0 Å². The van der Waals surface area contributed by atoms with Gasteiger partial charge in [-0.25, -0.2) is 15.0 Å². The minimum Gasteiger partial charge on any atom is -0.242 e. The minimum atomic E-state index is 0.690. The molecule has 0 aliphatic rings. The highest BCUT2D eigenvalue weighted by molar-refractivity contribution is 6.23. The van der Waals surface area contributed by atoms with Crippen LogP contribution in [0.15, 0.2) is 66.9 Å². The van der Waals surface area contributed by atoms with Crippen molar-refractivity contribution in [3.8, 4) is 0 Å². The topological polar surface area (TPSA) is 38.7 Å². The van der Waals surface area contributed by atoms with Gasteiger partial charge in [0.1, 0.15) is 5.52 Å². The maximum absolute atomic E-state index is 4.83. The van der Waals surface area contributed by atoms with E-state index in [9.17, 15) is 0 Å². The maximum Gasteiger partial charge on any atom is 0.178 e. The molecule has 2 heterocycles. The third-order valence-corrected chi connectivity index (χ3v) is 4.09. The minimum absolute atomic E-state index is 0.690. The highest BCUT2D eigenvalue weighted by atomic mass is 14.9. The quantitative estimate of drug-likeness (QED) is 0.310. The summed E-state index contributed by atoms with van der Waals surface area (Å²) < 4.78 is 0. The summed E-state index contributed by atoms with van der Waals surface area (Å²) in [4.78, 5) is 14.0. The van der Waals surface area contributed by atoms with Crippen LogP contribution >= 0.6 is 0 Å². The molecule has 5 rings (SSSR count). The standard InChI is InChI=1S/C19H11N3/c1-3-8-14-12(6-1)13-7-2-4-9-15(13)18-17(14)21-16-10-5-11-20-19(16)22-18/h1-11H. The number of pyridine rings is 1. The van der Waals surface area contributed by atoms with Gasteiger partial charge in [0.2, 0.25) is 0 Å². The van der Waals surface area contributed by atoms with Crippen molar-refractivity contribution in [2.75, 3.05) is 0 Å². The molecule has 22 heavy (non-hydrogen) atoms. The molecule has 0 radical (unpaired) electrons. The first-order chi connectivity index (χ1) is 10.9. The van der Waals surface area contributed by atoms with E-state index < -0.39 is 0 Å². The van der Waals surface area contributed by atoms with Crippen molar-refractivity contribution >= 4 is 43.7 Å². The highest BCUT2D eigenvalue weighted by Crippen LogP contribution is 2.33. The second-order valence-electron chi connectivity index (χ2n) is 5.36. The lowest BCUT2D eigenvalue weighted by Crippen LogP contribution is -1.92. The molecule has 0 saturated carbocycles. The van der Waals surface area contributed by atoms with Crippen molar-refractivity contribution in [2.45, 2.75) is 0 Å². The molecule has 0 atom stereocenters.